The van der Waals surface area contributed by atoms with E-state index in [0.717, 1.165) is 11.1 Å². The summed E-state index contributed by atoms with van der Waals surface area (Å²) >= 11 is 11.8. The molecule has 0 atom stereocenters. The van der Waals surface area contributed by atoms with Crippen LogP contribution in [0.2, 0.25) is 10.0 Å². The van der Waals surface area contributed by atoms with Crippen molar-refractivity contribution in [3.8, 4) is 0 Å². The number of fused-ring (bicyclic) bond motifs is 1. The Morgan fingerprint density at radius 3 is 2.83 bits per heavy atom. The van der Waals surface area contributed by atoms with Crippen LogP contribution in [0.4, 0.5) is 0 Å². The second kappa shape index (κ2) is 2.64. The van der Waals surface area contributed by atoms with E-state index in [1.807, 2.05) is 6.07 Å². The average molecular weight is 201 g/mol. The van der Waals surface area contributed by atoms with Crippen LogP contribution in [0.5, 0.6) is 0 Å². The number of rotatable bonds is 0. The third kappa shape index (κ3) is 0.993. The summed E-state index contributed by atoms with van der Waals surface area (Å²) in [5.74, 6) is 0.484. The Morgan fingerprint density at radius 2 is 2.08 bits per heavy atom. The van der Waals surface area contributed by atoms with Gasteiger partial charge in [-0.05, 0) is 11.6 Å². The zero-order valence-corrected chi connectivity index (χ0v) is 7.65. The van der Waals surface area contributed by atoms with Gasteiger partial charge >= 0.3 is 0 Å². The van der Waals surface area contributed by atoms with Gasteiger partial charge in [0.15, 0.2) is 0 Å². The van der Waals surface area contributed by atoms with E-state index in [1.54, 1.807) is 6.07 Å². The van der Waals surface area contributed by atoms with Gasteiger partial charge in [0.25, 0.3) is 0 Å². The molecule has 1 heterocycles. The predicted octanol–water partition coefficient (Wildman–Crippen LogP) is 2.21. The first kappa shape index (κ1) is 7.90. The van der Waals surface area contributed by atoms with E-state index in [2.05, 4.69) is 4.99 Å². The molecule has 0 unspecified atom stereocenters. The fourth-order valence-electron chi connectivity index (χ4n) is 1.25. The molecule has 0 saturated carbocycles. The van der Waals surface area contributed by atoms with Gasteiger partial charge in [-0.3, -0.25) is 4.99 Å². The van der Waals surface area contributed by atoms with Crippen molar-refractivity contribution in [3.63, 3.8) is 0 Å². The lowest BCUT2D eigenvalue weighted by Crippen LogP contribution is -2.11. The molecule has 2 nitrogen and oxygen atoms in total. The Hall–Kier alpha value is -0.730. The monoisotopic (exact) mass is 200 g/mol. The number of nitrogens with two attached hydrogens (primary N) is 1. The lowest BCUT2D eigenvalue weighted by atomic mass is 10.1. The highest BCUT2D eigenvalue weighted by Crippen LogP contribution is 2.31. The molecule has 0 saturated heterocycles. The van der Waals surface area contributed by atoms with Gasteiger partial charge in [-0.25, -0.2) is 0 Å². The van der Waals surface area contributed by atoms with Gasteiger partial charge in [0.05, 0.1) is 16.6 Å². The summed E-state index contributed by atoms with van der Waals surface area (Å²) in [6.45, 7) is 0.609. The lowest BCUT2D eigenvalue weighted by Gasteiger charge is -2.03. The molecule has 0 bridgehead atoms. The molecule has 2 rings (SSSR count). The second-order valence-corrected chi connectivity index (χ2v) is 3.38. The van der Waals surface area contributed by atoms with Gasteiger partial charge in [0.1, 0.15) is 5.84 Å². The minimum Gasteiger partial charge on any atom is -0.383 e. The fraction of sp³-hybridized carbons (Fsp3) is 0.125. The predicted molar refractivity (Wildman–Crippen MR) is 50.9 cm³/mol. The SMILES string of the molecule is NC1=NCc2ccc(Cl)c(Cl)c21. The summed E-state index contributed by atoms with van der Waals surface area (Å²) in [6, 6.07) is 3.66. The molecule has 0 aromatic heterocycles. The van der Waals surface area contributed by atoms with Gasteiger partial charge in [-0.15, -0.1) is 0 Å². The molecule has 0 amide bonds. The molecule has 1 aliphatic heterocycles. The van der Waals surface area contributed by atoms with Crippen LogP contribution in [0.25, 0.3) is 0 Å². The Bertz CT molecular complexity index is 372. The Labute approximate surface area is 80.0 Å². The van der Waals surface area contributed by atoms with Crippen molar-refractivity contribution < 1.29 is 0 Å². The summed E-state index contributed by atoms with van der Waals surface area (Å²) < 4.78 is 0. The molecule has 1 aromatic carbocycles. The molecule has 62 valence electrons. The van der Waals surface area contributed by atoms with Crippen LogP contribution in [-0.2, 0) is 6.54 Å². The van der Waals surface area contributed by atoms with Crippen LogP contribution in [0, 0.1) is 0 Å². The van der Waals surface area contributed by atoms with E-state index in [9.17, 15) is 0 Å². The largest absolute Gasteiger partial charge is 0.383 e. The van der Waals surface area contributed by atoms with Crippen LogP contribution in [0.15, 0.2) is 17.1 Å². The number of aliphatic imine (C=N–C) groups is 1. The summed E-state index contributed by atoms with van der Waals surface area (Å²) in [6.07, 6.45) is 0. The Kier molecular flexibility index (Phi) is 1.74. The zero-order valence-electron chi connectivity index (χ0n) is 6.14. The van der Waals surface area contributed by atoms with Gasteiger partial charge < -0.3 is 5.73 Å². The lowest BCUT2D eigenvalue weighted by molar-refractivity contribution is 1.11. The van der Waals surface area contributed by atoms with Crippen molar-refractivity contribution in [2.75, 3.05) is 0 Å². The van der Waals surface area contributed by atoms with E-state index in [0.29, 0.717) is 22.4 Å². The highest BCUT2D eigenvalue weighted by Gasteiger charge is 2.17. The number of hydrogen-bond donors (Lipinski definition) is 1. The molecule has 12 heavy (non-hydrogen) atoms. The third-order valence-electron chi connectivity index (χ3n) is 1.86. The summed E-state index contributed by atoms with van der Waals surface area (Å²) in [5, 5.41) is 1.03. The quantitative estimate of drug-likeness (QED) is 0.686. The molecule has 4 heteroatoms. The van der Waals surface area contributed by atoms with E-state index in [4.69, 9.17) is 28.9 Å². The van der Waals surface area contributed by atoms with E-state index in [1.165, 1.54) is 0 Å². The maximum Gasteiger partial charge on any atom is 0.127 e. The molecular formula is C8H6Cl2N2. The maximum atomic E-state index is 5.94. The van der Waals surface area contributed by atoms with Crippen LogP contribution >= 0.6 is 23.2 Å². The van der Waals surface area contributed by atoms with Crippen LogP contribution in [0.1, 0.15) is 11.1 Å². The molecule has 2 N–H and O–H groups in total. The highest BCUT2D eigenvalue weighted by atomic mass is 35.5. The smallest absolute Gasteiger partial charge is 0.127 e. The first-order valence-electron chi connectivity index (χ1n) is 3.47. The number of nitrogens with zero attached hydrogens (tertiary/aromatic N) is 1. The summed E-state index contributed by atoms with van der Waals surface area (Å²) in [5.41, 5.74) is 7.46. The van der Waals surface area contributed by atoms with Crippen LogP contribution in [0.3, 0.4) is 0 Å². The van der Waals surface area contributed by atoms with Crippen molar-refractivity contribution in [1.82, 2.24) is 0 Å². The molecule has 0 spiro atoms. The van der Waals surface area contributed by atoms with Gasteiger partial charge in [0.2, 0.25) is 0 Å². The Balaban J connectivity index is 2.70. The topological polar surface area (TPSA) is 38.4 Å². The van der Waals surface area contributed by atoms with Gasteiger partial charge in [-0.1, -0.05) is 29.3 Å². The molecule has 1 aromatic rings. The third-order valence-corrected chi connectivity index (χ3v) is 2.66. The van der Waals surface area contributed by atoms with Gasteiger partial charge in [-0.2, -0.15) is 0 Å². The molecule has 1 aliphatic rings. The van der Waals surface area contributed by atoms with Crippen molar-refractivity contribution in [2.45, 2.75) is 6.54 Å². The average Bonchev–Trinajstić information content (AvgIpc) is 2.41. The molecule has 0 aliphatic carbocycles. The maximum absolute atomic E-state index is 5.94. The first-order valence-corrected chi connectivity index (χ1v) is 4.23. The van der Waals surface area contributed by atoms with E-state index < -0.39 is 0 Å². The number of hydrogen-bond acceptors (Lipinski definition) is 2. The van der Waals surface area contributed by atoms with Crippen molar-refractivity contribution in [2.24, 2.45) is 10.7 Å². The number of halogens is 2. The number of amidine groups is 1. The second-order valence-electron chi connectivity index (χ2n) is 2.60. The zero-order chi connectivity index (χ0) is 8.72. The van der Waals surface area contributed by atoms with Gasteiger partial charge in [0, 0.05) is 5.56 Å². The van der Waals surface area contributed by atoms with Crippen LogP contribution in [-0.4, -0.2) is 5.84 Å². The highest BCUT2D eigenvalue weighted by molar-refractivity contribution is 6.44. The van der Waals surface area contributed by atoms with Crippen molar-refractivity contribution >= 4 is 29.0 Å². The van der Waals surface area contributed by atoms with Crippen molar-refractivity contribution in [3.05, 3.63) is 33.3 Å². The van der Waals surface area contributed by atoms with Crippen LogP contribution < -0.4 is 5.73 Å². The molecule has 0 radical (unpaired) electrons. The summed E-state index contributed by atoms with van der Waals surface area (Å²) in [7, 11) is 0. The molecule has 0 fully saturated rings. The first-order chi connectivity index (χ1) is 5.70. The minimum atomic E-state index is 0.484. The van der Waals surface area contributed by atoms with E-state index in [-0.39, 0.29) is 0 Å². The normalized spacial score (nSPS) is 14.3. The van der Waals surface area contributed by atoms with Crippen molar-refractivity contribution in [1.29, 1.82) is 0 Å². The molecular weight excluding hydrogens is 195 g/mol. The van der Waals surface area contributed by atoms with E-state index >= 15 is 0 Å². The minimum absolute atomic E-state index is 0.484. The fourth-order valence-corrected chi connectivity index (χ4v) is 1.69. The Morgan fingerprint density at radius 1 is 1.33 bits per heavy atom. The standard InChI is InChI=1S/C8H6Cl2N2/c9-5-2-1-4-3-12-8(11)6(4)7(5)10/h1-2H,3H2,(H2,11,12). The number of benzene rings is 1. The summed E-state index contributed by atoms with van der Waals surface area (Å²) in [4.78, 5) is 4.06.